The molecule has 0 fully saturated rings. The predicted octanol–water partition coefficient (Wildman–Crippen LogP) is 3.16. The Morgan fingerprint density at radius 1 is 1.24 bits per heavy atom. The number of hydrogen-bond acceptors (Lipinski definition) is 4. The van der Waals surface area contributed by atoms with Gasteiger partial charge in [-0.1, -0.05) is 12.1 Å². The van der Waals surface area contributed by atoms with Crippen molar-refractivity contribution >= 4 is 17.3 Å². The predicted molar refractivity (Wildman–Crippen MR) is 78.8 cm³/mol. The molecule has 1 amide bonds. The lowest BCUT2D eigenvalue weighted by molar-refractivity contribution is -0.385. The second-order valence-corrected chi connectivity index (χ2v) is 4.41. The van der Waals surface area contributed by atoms with E-state index in [4.69, 9.17) is 4.74 Å². The molecule has 0 atom stereocenters. The molecular weight excluding hydrogens is 272 g/mol. The molecule has 0 saturated heterocycles. The highest BCUT2D eigenvalue weighted by atomic mass is 16.6. The van der Waals surface area contributed by atoms with Crippen molar-refractivity contribution in [3.8, 4) is 5.75 Å². The third kappa shape index (κ3) is 3.17. The maximum atomic E-state index is 12.2. The van der Waals surface area contributed by atoms with Crippen molar-refractivity contribution in [3.05, 3.63) is 63.7 Å². The summed E-state index contributed by atoms with van der Waals surface area (Å²) in [5.41, 5.74) is 1.32. The molecule has 0 unspecified atom stereocenters. The number of nitro benzene ring substituents is 1. The Morgan fingerprint density at radius 2 is 1.95 bits per heavy atom. The van der Waals surface area contributed by atoms with Gasteiger partial charge in [0.2, 0.25) is 0 Å². The van der Waals surface area contributed by atoms with E-state index in [9.17, 15) is 14.9 Å². The van der Waals surface area contributed by atoms with Gasteiger partial charge in [-0.15, -0.1) is 0 Å². The number of rotatable bonds is 4. The molecule has 21 heavy (non-hydrogen) atoms. The number of anilines is 1. The van der Waals surface area contributed by atoms with Gasteiger partial charge in [0.1, 0.15) is 5.75 Å². The summed E-state index contributed by atoms with van der Waals surface area (Å²) in [7, 11) is 1.51. The van der Waals surface area contributed by atoms with Crippen molar-refractivity contribution < 1.29 is 14.5 Å². The fourth-order valence-electron chi connectivity index (χ4n) is 1.94. The molecule has 0 bridgehead atoms. The van der Waals surface area contributed by atoms with Crippen LogP contribution >= 0.6 is 0 Å². The van der Waals surface area contributed by atoms with Crippen LogP contribution in [-0.4, -0.2) is 17.9 Å². The Labute approximate surface area is 121 Å². The van der Waals surface area contributed by atoms with E-state index >= 15 is 0 Å². The molecule has 0 aliphatic heterocycles. The van der Waals surface area contributed by atoms with Crippen molar-refractivity contribution in [2.24, 2.45) is 0 Å². The number of carbonyl (C=O) groups is 1. The monoisotopic (exact) mass is 286 g/mol. The Kier molecular flexibility index (Phi) is 4.18. The minimum Gasteiger partial charge on any atom is -0.495 e. The van der Waals surface area contributed by atoms with E-state index in [1.165, 1.54) is 25.3 Å². The topological polar surface area (TPSA) is 81.5 Å². The number of hydrogen-bond donors (Lipinski definition) is 1. The van der Waals surface area contributed by atoms with Gasteiger partial charge in [-0.3, -0.25) is 14.9 Å². The van der Waals surface area contributed by atoms with Crippen molar-refractivity contribution in [2.75, 3.05) is 12.4 Å². The second kappa shape index (κ2) is 6.04. The van der Waals surface area contributed by atoms with E-state index in [-0.39, 0.29) is 11.6 Å². The highest BCUT2D eigenvalue weighted by molar-refractivity contribution is 6.05. The van der Waals surface area contributed by atoms with Gasteiger partial charge < -0.3 is 10.1 Å². The standard InChI is InChI=1S/C15H14N2O4/c1-10-9-11(7-8-13(10)17(19)20)15(18)16-12-5-3-4-6-14(12)21-2/h3-9H,1-2H3,(H,16,18). The number of amides is 1. The van der Waals surface area contributed by atoms with Gasteiger partial charge in [-0.2, -0.15) is 0 Å². The Hall–Kier alpha value is -2.89. The third-order valence-corrected chi connectivity index (χ3v) is 3.01. The first-order chi connectivity index (χ1) is 10.0. The average molecular weight is 286 g/mol. The van der Waals surface area contributed by atoms with Crippen LogP contribution in [0.15, 0.2) is 42.5 Å². The molecule has 6 nitrogen and oxygen atoms in total. The molecule has 2 aromatic carbocycles. The molecule has 0 aromatic heterocycles. The average Bonchev–Trinajstić information content (AvgIpc) is 2.47. The van der Waals surface area contributed by atoms with Gasteiger partial charge in [0, 0.05) is 17.2 Å². The van der Waals surface area contributed by atoms with Crippen LogP contribution in [-0.2, 0) is 0 Å². The van der Waals surface area contributed by atoms with Crippen LogP contribution in [0, 0.1) is 17.0 Å². The fourth-order valence-corrected chi connectivity index (χ4v) is 1.94. The number of para-hydroxylation sites is 2. The first-order valence-corrected chi connectivity index (χ1v) is 6.22. The Bertz CT molecular complexity index is 698. The smallest absolute Gasteiger partial charge is 0.272 e. The normalized spacial score (nSPS) is 10.0. The van der Waals surface area contributed by atoms with Gasteiger partial charge in [0.25, 0.3) is 11.6 Å². The van der Waals surface area contributed by atoms with Crippen LogP contribution in [0.2, 0.25) is 0 Å². The maximum absolute atomic E-state index is 12.2. The molecule has 0 aliphatic rings. The molecule has 0 radical (unpaired) electrons. The van der Waals surface area contributed by atoms with Crippen LogP contribution in [0.3, 0.4) is 0 Å². The van der Waals surface area contributed by atoms with Crippen molar-refractivity contribution in [1.82, 2.24) is 0 Å². The zero-order valence-corrected chi connectivity index (χ0v) is 11.6. The lowest BCUT2D eigenvalue weighted by Crippen LogP contribution is -2.13. The molecule has 0 heterocycles. The SMILES string of the molecule is COc1ccccc1NC(=O)c1ccc([N+](=O)[O-])c(C)c1. The van der Waals surface area contributed by atoms with Crippen molar-refractivity contribution in [1.29, 1.82) is 0 Å². The van der Waals surface area contributed by atoms with Crippen LogP contribution < -0.4 is 10.1 Å². The van der Waals surface area contributed by atoms with Gasteiger partial charge in [-0.05, 0) is 31.2 Å². The highest BCUT2D eigenvalue weighted by Gasteiger charge is 2.14. The van der Waals surface area contributed by atoms with E-state index in [0.29, 0.717) is 22.6 Å². The summed E-state index contributed by atoms with van der Waals surface area (Å²) in [5.74, 6) is 0.196. The number of nitrogens with one attached hydrogen (secondary N) is 1. The number of aryl methyl sites for hydroxylation is 1. The largest absolute Gasteiger partial charge is 0.495 e. The molecule has 2 aromatic rings. The van der Waals surface area contributed by atoms with Crippen LogP contribution in [0.4, 0.5) is 11.4 Å². The van der Waals surface area contributed by atoms with E-state index in [0.717, 1.165) is 0 Å². The zero-order chi connectivity index (χ0) is 15.4. The molecule has 108 valence electrons. The summed E-state index contributed by atoms with van der Waals surface area (Å²) in [4.78, 5) is 22.5. The molecule has 2 rings (SSSR count). The number of methoxy groups -OCH3 is 1. The minimum atomic E-state index is -0.475. The maximum Gasteiger partial charge on any atom is 0.272 e. The number of nitrogens with zero attached hydrogens (tertiary/aromatic N) is 1. The van der Waals surface area contributed by atoms with Crippen LogP contribution in [0.5, 0.6) is 5.75 Å². The van der Waals surface area contributed by atoms with E-state index < -0.39 is 4.92 Å². The Balaban J connectivity index is 2.25. The molecular formula is C15H14N2O4. The quantitative estimate of drug-likeness (QED) is 0.691. The second-order valence-electron chi connectivity index (χ2n) is 4.41. The first kappa shape index (κ1) is 14.5. The van der Waals surface area contributed by atoms with Gasteiger partial charge in [0.15, 0.2) is 0 Å². The van der Waals surface area contributed by atoms with Crippen LogP contribution in [0.1, 0.15) is 15.9 Å². The van der Waals surface area contributed by atoms with E-state index in [1.807, 2.05) is 0 Å². The van der Waals surface area contributed by atoms with Gasteiger partial charge in [0.05, 0.1) is 17.7 Å². The van der Waals surface area contributed by atoms with Gasteiger partial charge in [-0.25, -0.2) is 0 Å². The molecule has 0 spiro atoms. The van der Waals surface area contributed by atoms with E-state index in [1.54, 1.807) is 31.2 Å². The summed E-state index contributed by atoms with van der Waals surface area (Å²) in [6, 6.07) is 11.3. The molecule has 6 heteroatoms. The number of nitro groups is 1. The Morgan fingerprint density at radius 3 is 2.57 bits per heavy atom. The lowest BCUT2D eigenvalue weighted by atomic mass is 10.1. The lowest BCUT2D eigenvalue weighted by Gasteiger charge is -2.10. The van der Waals surface area contributed by atoms with E-state index in [2.05, 4.69) is 5.32 Å². The summed E-state index contributed by atoms with van der Waals surface area (Å²) in [6.45, 7) is 1.60. The summed E-state index contributed by atoms with van der Waals surface area (Å²) >= 11 is 0. The van der Waals surface area contributed by atoms with Crippen molar-refractivity contribution in [3.63, 3.8) is 0 Å². The van der Waals surface area contributed by atoms with Gasteiger partial charge >= 0.3 is 0 Å². The zero-order valence-electron chi connectivity index (χ0n) is 11.6. The summed E-state index contributed by atoms with van der Waals surface area (Å²) in [6.07, 6.45) is 0. The first-order valence-electron chi connectivity index (χ1n) is 6.22. The number of ether oxygens (including phenoxy) is 1. The summed E-state index contributed by atoms with van der Waals surface area (Å²) < 4.78 is 5.15. The molecule has 0 saturated carbocycles. The van der Waals surface area contributed by atoms with Crippen molar-refractivity contribution in [2.45, 2.75) is 6.92 Å². The summed E-state index contributed by atoms with van der Waals surface area (Å²) in [5, 5.41) is 13.5. The molecule has 1 N–H and O–H groups in total. The number of benzene rings is 2. The highest BCUT2D eigenvalue weighted by Crippen LogP contribution is 2.24. The van der Waals surface area contributed by atoms with Crippen LogP contribution in [0.25, 0.3) is 0 Å². The molecule has 0 aliphatic carbocycles. The minimum absolute atomic E-state index is 0.0103. The fraction of sp³-hybridized carbons (Fsp3) is 0.133. The third-order valence-electron chi connectivity index (χ3n) is 3.01. The number of carbonyl (C=O) groups excluding carboxylic acids is 1.